The Hall–Kier alpha value is -0.730. The van der Waals surface area contributed by atoms with Gasteiger partial charge in [-0.25, -0.2) is 0 Å². The van der Waals surface area contributed by atoms with Crippen LogP contribution < -0.4 is 4.90 Å². The minimum absolute atomic E-state index is 0.231. The molecule has 2 nitrogen and oxygen atoms in total. The van der Waals surface area contributed by atoms with E-state index in [1.807, 2.05) is 12.1 Å². The van der Waals surface area contributed by atoms with Crippen LogP contribution >= 0.6 is 23.2 Å². The molecule has 0 aliphatic heterocycles. The van der Waals surface area contributed by atoms with Crippen molar-refractivity contribution in [3.8, 4) is 0 Å². The van der Waals surface area contributed by atoms with Crippen LogP contribution in [0.25, 0.3) is 0 Å². The first kappa shape index (κ1) is 12.7. The maximum Gasteiger partial charge on any atom is 0.321 e. The van der Waals surface area contributed by atoms with E-state index in [0.29, 0.717) is 5.02 Å². The summed E-state index contributed by atoms with van der Waals surface area (Å²) in [6.45, 7) is 0. The molecule has 0 bridgehead atoms. The highest BCUT2D eigenvalue weighted by Crippen LogP contribution is 2.29. The molecule has 0 heterocycles. The van der Waals surface area contributed by atoms with Gasteiger partial charge in [0.15, 0.2) is 0 Å². The highest BCUT2D eigenvalue weighted by atomic mass is 35.5. The lowest BCUT2D eigenvalue weighted by Gasteiger charge is -2.32. The molecule has 0 unspecified atom stereocenters. The second kappa shape index (κ2) is 5.74. The topological polar surface area (TPSA) is 20.3 Å². The lowest BCUT2D eigenvalue weighted by molar-refractivity contribution is 0.259. The van der Waals surface area contributed by atoms with Crippen LogP contribution in [0.3, 0.4) is 0 Å². The zero-order valence-corrected chi connectivity index (χ0v) is 11.0. The van der Waals surface area contributed by atoms with E-state index in [-0.39, 0.29) is 6.04 Å². The van der Waals surface area contributed by atoms with Gasteiger partial charge in [0.25, 0.3) is 0 Å². The van der Waals surface area contributed by atoms with Gasteiger partial charge < -0.3 is 0 Å². The minimum Gasteiger partial charge on any atom is -0.296 e. The van der Waals surface area contributed by atoms with Gasteiger partial charge in [0.1, 0.15) is 0 Å². The van der Waals surface area contributed by atoms with Gasteiger partial charge in [0.2, 0.25) is 0 Å². The molecule has 0 saturated heterocycles. The molecule has 1 aromatic rings. The number of nitrogens with zero attached hydrogens (tertiary/aromatic N) is 1. The number of halogens is 2. The first-order chi connectivity index (χ1) is 8.18. The van der Waals surface area contributed by atoms with Crippen molar-refractivity contribution in [1.29, 1.82) is 0 Å². The Morgan fingerprint density at radius 2 is 1.71 bits per heavy atom. The lowest BCUT2D eigenvalue weighted by atomic mass is 9.94. The standard InChI is InChI=1S/C13H15Cl2NO/c14-10-6-8-12(9-7-10)16(13(15)17)11-4-2-1-3-5-11/h6-9,11H,1-5H2. The van der Waals surface area contributed by atoms with Gasteiger partial charge >= 0.3 is 5.37 Å². The van der Waals surface area contributed by atoms with Crippen LogP contribution in [-0.4, -0.2) is 11.4 Å². The number of carbonyl (C=O) groups is 1. The molecule has 4 heteroatoms. The third-order valence-corrected chi connectivity index (χ3v) is 3.67. The van der Waals surface area contributed by atoms with Gasteiger partial charge in [-0.2, -0.15) is 0 Å². The number of hydrogen-bond acceptors (Lipinski definition) is 1. The average Bonchev–Trinajstić information content (AvgIpc) is 2.33. The molecule has 17 heavy (non-hydrogen) atoms. The molecule has 1 amide bonds. The van der Waals surface area contributed by atoms with Crippen LogP contribution in [-0.2, 0) is 0 Å². The molecular weight excluding hydrogens is 257 g/mol. The van der Waals surface area contributed by atoms with Crippen molar-refractivity contribution in [2.75, 3.05) is 4.90 Å². The van der Waals surface area contributed by atoms with E-state index in [0.717, 1.165) is 18.5 Å². The van der Waals surface area contributed by atoms with Crippen LogP contribution in [0.2, 0.25) is 5.02 Å². The van der Waals surface area contributed by atoms with Crippen molar-refractivity contribution in [2.45, 2.75) is 38.1 Å². The molecule has 0 spiro atoms. The molecule has 1 aromatic carbocycles. The molecular formula is C13H15Cl2NO. The normalized spacial score (nSPS) is 16.8. The Morgan fingerprint density at radius 3 is 2.24 bits per heavy atom. The summed E-state index contributed by atoms with van der Waals surface area (Å²) in [6.07, 6.45) is 5.64. The number of anilines is 1. The van der Waals surface area contributed by atoms with Crippen LogP contribution in [0, 0.1) is 0 Å². The SMILES string of the molecule is O=C(Cl)N(c1ccc(Cl)cc1)C1CCCCC1. The smallest absolute Gasteiger partial charge is 0.296 e. The van der Waals surface area contributed by atoms with E-state index in [1.165, 1.54) is 19.3 Å². The summed E-state index contributed by atoms with van der Waals surface area (Å²) in [5.74, 6) is 0. The minimum atomic E-state index is -0.403. The second-order valence-corrected chi connectivity index (χ2v) is 5.15. The number of rotatable bonds is 2. The molecule has 1 saturated carbocycles. The molecule has 1 aliphatic rings. The Balaban J connectivity index is 2.21. The molecule has 0 aromatic heterocycles. The summed E-state index contributed by atoms with van der Waals surface area (Å²) >= 11 is 11.6. The van der Waals surface area contributed by atoms with Gasteiger partial charge in [-0.1, -0.05) is 30.9 Å². The predicted octanol–water partition coefficient (Wildman–Crippen LogP) is 4.84. The van der Waals surface area contributed by atoms with Crippen LogP contribution in [0.4, 0.5) is 10.5 Å². The quantitative estimate of drug-likeness (QED) is 0.557. The highest BCUT2D eigenvalue weighted by molar-refractivity contribution is 6.66. The fourth-order valence-corrected chi connectivity index (χ4v) is 2.76. The van der Waals surface area contributed by atoms with Gasteiger partial charge in [-0.05, 0) is 48.7 Å². The molecule has 0 radical (unpaired) electrons. The summed E-state index contributed by atoms with van der Waals surface area (Å²) in [7, 11) is 0. The Bertz CT molecular complexity index is 385. The van der Waals surface area contributed by atoms with Crippen molar-refractivity contribution in [2.24, 2.45) is 0 Å². The zero-order valence-electron chi connectivity index (χ0n) is 9.53. The molecule has 1 fully saturated rings. The van der Waals surface area contributed by atoms with Crippen molar-refractivity contribution in [3.63, 3.8) is 0 Å². The first-order valence-corrected chi connectivity index (χ1v) is 6.68. The van der Waals surface area contributed by atoms with Crippen molar-refractivity contribution < 1.29 is 4.79 Å². The molecule has 1 aliphatic carbocycles. The number of hydrogen-bond donors (Lipinski definition) is 0. The summed E-state index contributed by atoms with van der Waals surface area (Å²) in [6, 6.07) is 7.49. The number of amides is 1. The fraction of sp³-hybridized carbons (Fsp3) is 0.462. The van der Waals surface area contributed by atoms with Crippen molar-refractivity contribution in [3.05, 3.63) is 29.3 Å². The Kier molecular flexibility index (Phi) is 4.30. The summed E-state index contributed by atoms with van der Waals surface area (Å²) in [5.41, 5.74) is 0.835. The van der Waals surface area contributed by atoms with Crippen LogP contribution in [0.15, 0.2) is 24.3 Å². The fourth-order valence-electron chi connectivity index (χ4n) is 2.40. The maximum atomic E-state index is 11.6. The van der Waals surface area contributed by atoms with Crippen LogP contribution in [0.5, 0.6) is 0 Å². The van der Waals surface area contributed by atoms with Gasteiger partial charge in [-0.3, -0.25) is 9.69 Å². The highest BCUT2D eigenvalue weighted by Gasteiger charge is 2.25. The Morgan fingerprint density at radius 1 is 1.12 bits per heavy atom. The third-order valence-electron chi connectivity index (χ3n) is 3.23. The van der Waals surface area contributed by atoms with Gasteiger partial charge in [0.05, 0.1) is 0 Å². The maximum absolute atomic E-state index is 11.6. The largest absolute Gasteiger partial charge is 0.321 e. The van der Waals surface area contributed by atoms with E-state index in [1.54, 1.807) is 17.0 Å². The zero-order chi connectivity index (χ0) is 12.3. The van der Waals surface area contributed by atoms with E-state index >= 15 is 0 Å². The molecule has 92 valence electrons. The van der Waals surface area contributed by atoms with Crippen molar-refractivity contribution >= 4 is 34.3 Å². The second-order valence-electron chi connectivity index (χ2n) is 4.39. The lowest BCUT2D eigenvalue weighted by Crippen LogP contribution is -2.38. The van der Waals surface area contributed by atoms with E-state index in [9.17, 15) is 4.79 Å². The van der Waals surface area contributed by atoms with E-state index < -0.39 is 5.37 Å². The predicted molar refractivity (Wildman–Crippen MR) is 72.1 cm³/mol. The van der Waals surface area contributed by atoms with Gasteiger partial charge in [-0.15, -0.1) is 0 Å². The Labute approximate surface area is 112 Å². The number of carbonyl (C=O) groups excluding carboxylic acids is 1. The summed E-state index contributed by atoms with van der Waals surface area (Å²) in [4.78, 5) is 13.3. The summed E-state index contributed by atoms with van der Waals surface area (Å²) < 4.78 is 0. The first-order valence-electron chi connectivity index (χ1n) is 5.93. The average molecular weight is 272 g/mol. The third kappa shape index (κ3) is 3.14. The summed E-state index contributed by atoms with van der Waals surface area (Å²) in [5, 5.41) is 0.263. The number of benzene rings is 1. The molecule has 0 N–H and O–H groups in total. The van der Waals surface area contributed by atoms with Gasteiger partial charge in [0, 0.05) is 16.8 Å². The van der Waals surface area contributed by atoms with Crippen LogP contribution in [0.1, 0.15) is 32.1 Å². The van der Waals surface area contributed by atoms with E-state index in [4.69, 9.17) is 23.2 Å². The molecule has 0 atom stereocenters. The molecule has 2 rings (SSSR count). The monoisotopic (exact) mass is 271 g/mol. The van der Waals surface area contributed by atoms with Crippen molar-refractivity contribution in [1.82, 2.24) is 0 Å². The van der Waals surface area contributed by atoms with E-state index in [2.05, 4.69) is 0 Å².